The summed E-state index contributed by atoms with van der Waals surface area (Å²) in [5.74, 6) is 0.979. The highest BCUT2D eigenvalue weighted by atomic mass is 32.2. The van der Waals surface area contributed by atoms with E-state index in [1.807, 2.05) is 36.5 Å². The molecule has 0 radical (unpaired) electrons. The number of nitrogens with one attached hydrogen (secondary N) is 2. The van der Waals surface area contributed by atoms with Gasteiger partial charge in [-0.05, 0) is 77.5 Å². The zero-order valence-corrected chi connectivity index (χ0v) is 23.5. The molecular weight excluding hydrogens is 516 g/mol. The Balaban J connectivity index is 1.17. The van der Waals surface area contributed by atoms with Crippen LogP contribution in [-0.4, -0.2) is 35.6 Å². The Hall–Kier alpha value is -3.56. The lowest BCUT2D eigenvalue weighted by atomic mass is 9.90. The van der Waals surface area contributed by atoms with Crippen molar-refractivity contribution in [2.24, 2.45) is 0 Å². The lowest BCUT2D eigenvalue weighted by Gasteiger charge is -2.34. The maximum absolute atomic E-state index is 12.0. The van der Waals surface area contributed by atoms with Crippen LogP contribution in [0.1, 0.15) is 52.8 Å². The number of fused-ring (bicyclic) bond motifs is 2. The fourth-order valence-corrected chi connectivity index (χ4v) is 6.36. The Morgan fingerprint density at radius 3 is 2.58 bits per heavy atom. The van der Waals surface area contributed by atoms with Gasteiger partial charge in [-0.25, -0.2) is 4.98 Å². The Kier molecular flexibility index (Phi) is 8.20. The lowest BCUT2D eigenvalue weighted by molar-refractivity contribution is 0.153. The summed E-state index contributed by atoms with van der Waals surface area (Å²) in [5, 5.41) is 3.45. The summed E-state index contributed by atoms with van der Waals surface area (Å²) in [6, 6.07) is 25.3. The highest BCUT2D eigenvalue weighted by Gasteiger charge is 2.28. The number of rotatable bonds is 10. The minimum atomic E-state index is -1.05. The van der Waals surface area contributed by atoms with Gasteiger partial charge in [0.15, 0.2) is 4.90 Å². The van der Waals surface area contributed by atoms with Gasteiger partial charge in [0.05, 0.1) is 29.3 Å². The first-order chi connectivity index (χ1) is 19.6. The van der Waals surface area contributed by atoms with Crippen LogP contribution in [0.5, 0.6) is 0 Å². The van der Waals surface area contributed by atoms with Gasteiger partial charge >= 0.3 is 0 Å². The summed E-state index contributed by atoms with van der Waals surface area (Å²) in [5.41, 5.74) is 7.93. The average Bonchev–Trinajstić information content (AvgIpc) is 3.40. The number of aromatic amines is 1. The highest BCUT2D eigenvalue weighted by molar-refractivity contribution is 7.90. The van der Waals surface area contributed by atoms with Gasteiger partial charge in [-0.3, -0.25) is 14.9 Å². The van der Waals surface area contributed by atoms with E-state index < -0.39 is 11.2 Å². The SMILES string of the molecule is C[S+]([O-])c1cccnc1CNCc1ccc(CN(Cc2nc3ccccc3[nH]2)C2CCCc3cccnc32)cc1. The average molecular weight is 551 g/mol. The van der Waals surface area contributed by atoms with Crippen molar-refractivity contribution in [3.8, 4) is 0 Å². The molecule has 8 heteroatoms. The molecule has 0 amide bonds. The predicted molar refractivity (Wildman–Crippen MR) is 159 cm³/mol. The maximum atomic E-state index is 12.0. The second-order valence-corrected chi connectivity index (χ2v) is 11.7. The molecule has 0 bridgehead atoms. The van der Waals surface area contributed by atoms with E-state index in [-0.39, 0.29) is 6.04 Å². The first-order valence-electron chi connectivity index (χ1n) is 13.8. The smallest absolute Gasteiger partial charge is 0.175 e. The van der Waals surface area contributed by atoms with Crippen LogP contribution in [0.25, 0.3) is 11.0 Å². The lowest BCUT2D eigenvalue weighted by Crippen LogP contribution is -2.31. The van der Waals surface area contributed by atoms with E-state index in [2.05, 4.69) is 62.6 Å². The topological polar surface area (TPSA) is 92.8 Å². The van der Waals surface area contributed by atoms with E-state index in [1.165, 1.54) is 22.4 Å². The molecule has 2 atom stereocenters. The molecule has 3 aromatic heterocycles. The van der Waals surface area contributed by atoms with Gasteiger partial charge in [0, 0.05) is 32.0 Å². The number of H-pyrrole nitrogens is 1. The molecule has 6 rings (SSSR count). The van der Waals surface area contributed by atoms with Gasteiger partial charge in [-0.15, -0.1) is 0 Å². The van der Waals surface area contributed by atoms with Crippen molar-refractivity contribution in [3.63, 3.8) is 0 Å². The van der Waals surface area contributed by atoms with E-state index in [9.17, 15) is 4.55 Å². The number of hydrogen-bond acceptors (Lipinski definition) is 6. The summed E-state index contributed by atoms with van der Waals surface area (Å²) in [6.07, 6.45) is 8.70. The zero-order chi connectivity index (χ0) is 27.3. The third-order valence-corrected chi connectivity index (χ3v) is 8.58. The molecule has 1 aliphatic carbocycles. The van der Waals surface area contributed by atoms with Gasteiger partial charge in [0.2, 0.25) is 0 Å². The van der Waals surface area contributed by atoms with E-state index in [0.29, 0.717) is 6.54 Å². The number of nitrogens with zero attached hydrogens (tertiary/aromatic N) is 4. The second kappa shape index (κ2) is 12.3. The van der Waals surface area contributed by atoms with Gasteiger partial charge in [-0.2, -0.15) is 0 Å². The predicted octanol–water partition coefficient (Wildman–Crippen LogP) is 5.46. The van der Waals surface area contributed by atoms with Crippen LogP contribution in [0.15, 0.2) is 90.1 Å². The Labute approximate surface area is 238 Å². The molecular formula is C32H34N6OS. The Morgan fingerprint density at radius 2 is 1.73 bits per heavy atom. The van der Waals surface area contributed by atoms with Crippen LogP contribution < -0.4 is 5.32 Å². The molecule has 40 heavy (non-hydrogen) atoms. The van der Waals surface area contributed by atoms with E-state index in [0.717, 1.165) is 66.3 Å². The summed E-state index contributed by atoms with van der Waals surface area (Å²) in [4.78, 5) is 21.0. The molecule has 0 spiro atoms. The molecule has 1 aliphatic rings. The van der Waals surface area contributed by atoms with Gasteiger partial charge in [-0.1, -0.05) is 42.5 Å². The van der Waals surface area contributed by atoms with E-state index >= 15 is 0 Å². The number of pyridine rings is 2. The number of hydrogen-bond donors (Lipinski definition) is 2. The molecule has 3 heterocycles. The van der Waals surface area contributed by atoms with Crippen LogP contribution in [0.4, 0.5) is 0 Å². The fraction of sp³-hybridized carbons (Fsp3) is 0.281. The quantitative estimate of drug-likeness (QED) is 0.224. The first kappa shape index (κ1) is 26.7. The van der Waals surface area contributed by atoms with Crippen LogP contribution in [0.2, 0.25) is 0 Å². The first-order valence-corrected chi connectivity index (χ1v) is 15.4. The van der Waals surface area contributed by atoms with Crippen LogP contribution in [0.3, 0.4) is 0 Å². The molecule has 0 fully saturated rings. The third-order valence-electron chi connectivity index (χ3n) is 7.59. The van der Waals surface area contributed by atoms with E-state index in [4.69, 9.17) is 9.97 Å². The number of aromatic nitrogens is 4. The second-order valence-electron chi connectivity index (χ2n) is 10.4. The standard InChI is InChI=1S/C32H34N6OS/c1-40(39)30-12-6-17-34-28(30)20-33-19-23-13-15-24(16-14-23)21-38(22-31-36-26-9-2-3-10-27(26)37-31)29-11-4-7-25-8-5-18-35-32(25)29/h2-3,5-6,8-10,12-18,29,33H,4,7,11,19-22H2,1H3,(H,36,37). The van der Waals surface area contributed by atoms with Crippen molar-refractivity contribution in [1.82, 2.24) is 30.2 Å². The van der Waals surface area contributed by atoms with Crippen molar-refractivity contribution in [1.29, 1.82) is 0 Å². The minimum Gasteiger partial charge on any atom is -0.612 e. The minimum absolute atomic E-state index is 0.246. The summed E-state index contributed by atoms with van der Waals surface area (Å²) in [7, 11) is 0. The zero-order valence-electron chi connectivity index (χ0n) is 22.7. The van der Waals surface area contributed by atoms with Gasteiger partial charge < -0.3 is 14.9 Å². The number of para-hydroxylation sites is 2. The van der Waals surface area contributed by atoms with Crippen molar-refractivity contribution in [2.75, 3.05) is 6.26 Å². The Morgan fingerprint density at radius 1 is 0.925 bits per heavy atom. The monoisotopic (exact) mass is 550 g/mol. The number of benzene rings is 2. The summed E-state index contributed by atoms with van der Waals surface area (Å²) in [6.45, 7) is 2.83. The molecule has 2 aromatic carbocycles. The Bertz CT molecular complexity index is 1530. The normalized spacial score (nSPS) is 15.8. The summed E-state index contributed by atoms with van der Waals surface area (Å²) < 4.78 is 12.0. The molecule has 0 aliphatic heterocycles. The molecule has 2 unspecified atom stereocenters. The van der Waals surface area contributed by atoms with E-state index in [1.54, 1.807) is 12.5 Å². The van der Waals surface area contributed by atoms with Gasteiger partial charge in [0.1, 0.15) is 17.8 Å². The molecule has 2 N–H and O–H groups in total. The maximum Gasteiger partial charge on any atom is 0.175 e. The van der Waals surface area contributed by atoms with Crippen molar-refractivity contribution in [3.05, 3.63) is 119 Å². The van der Waals surface area contributed by atoms with Crippen molar-refractivity contribution in [2.45, 2.75) is 56.4 Å². The largest absolute Gasteiger partial charge is 0.612 e. The van der Waals surface area contributed by atoms with Crippen molar-refractivity contribution < 1.29 is 4.55 Å². The van der Waals surface area contributed by atoms with Crippen LogP contribution in [0, 0.1) is 0 Å². The number of imidazole rings is 1. The number of aryl methyl sites for hydroxylation is 1. The molecule has 5 aromatic rings. The van der Waals surface area contributed by atoms with Crippen LogP contribution in [-0.2, 0) is 43.8 Å². The molecule has 204 valence electrons. The van der Waals surface area contributed by atoms with Crippen molar-refractivity contribution >= 4 is 22.2 Å². The van der Waals surface area contributed by atoms with Gasteiger partial charge in [0.25, 0.3) is 0 Å². The summed E-state index contributed by atoms with van der Waals surface area (Å²) >= 11 is -1.05. The third kappa shape index (κ3) is 6.10. The fourth-order valence-electron chi connectivity index (χ4n) is 5.63. The molecule has 7 nitrogen and oxygen atoms in total. The molecule has 0 saturated heterocycles. The highest BCUT2D eigenvalue weighted by Crippen LogP contribution is 2.34. The molecule has 0 saturated carbocycles. The van der Waals surface area contributed by atoms with Crippen LogP contribution >= 0.6 is 0 Å².